The number of hydrogen-bond acceptors (Lipinski definition) is 4. The van der Waals surface area contributed by atoms with Gasteiger partial charge >= 0.3 is 0 Å². The van der Waals surface area contributed by atoms with E-state index in [0.717, 1.165) is 54.2 Å². The molecule has 0 atom stereocenters. The van der Waals surface area contributed by atoms with Crippen molar-refractivity contribution >= 4 is 22.5 Å². The highest BCUT2D eigenvalue weighted by atomic mass is 16.1. The maximum atomic E-state index is 12.6. The Morgan fingerprint density at radius 2 is 1.97 bits per heavy atom. The Kier molecular flexibility index (Phi) is 8.07. The normalized spacial score (nSPS) is 11.2. The zero-order valence-electron chi connectivity index (χ0n) is 19.7. The Labute approximate surface area is 190 Å². The second-order valence-corrected chi connectivity index (χ2v) is 8.14. The summed E-state index contributed by atoms with van der Waals surface area (Å²) in [5, 5.41) is 17.5. The molecule has 0 bridgehead atoms. The molecular formula is C25H34N6O. The number of amides is 1. The molecule has 7 nitrogen and oxygen atoms in total. The van der Waals surface area contributed by atoms with Gasteiger partial charge in [0.05, 0.1) is 24.7 Å². The summed E-state index contributed by atoms with van der Waals surface area (Å²) < 4.78 is 4.14. The molecule has 1 aromatic carbocycles. The van der Waals surface area contributed by atoms with Crippen molar-refractivity contribution in [2.75, 3.05) is 25.0 Å². The lowest BCUT2D eigenvalue weighted by Crippen LogP contribution is -2.26. The monoisotopic (exact) mass is 434 g/mol. The number of fused-ring (bicyclic) bond motifs is 1. The van der Waals surface area contributed by atoms with Gasteiger partial charge < -0.3 is 14.8 Å². The van der Waals surface area contributed by atoms with Gasteiger partial charge in [-0.3, -0.25) is 9.48 Å². The summed E-state index contributed by atoms with van der Waals surface area (Å²) in [4.78, 5) is 15.0. The highest BCUT2D eigenvalue weighted by Gasteiger charge is 2.13. The average Bonchev–Trinajstić information content (AvgIpc) is 3.31. The highest BCUT2D eigenvalue weighted by molar-refractivity contribution is 5.94. The van der Waals surface area contributed by atoms with Crippen molar-refractivity contribution in [2.45, 2.75) is 60.0 Å². The summed E-state index contributed by atoms with van der Waals surface area (Å²) in [5.41, 5.74) is 5.07. The molecule has 0 unspecified atom stereocenters. The first-order chi connectivity index (χ1) is 15.5. The van der Waals surface area contributed by atoms with Gasteiger partial charge in [-0.2, -0.15) is 10.4 Å². The molecule has 0 radical (unpaired) electrons. The lowest BCUT2D eigenvalue weighted by molar-refractivity contribution is -0.116. The topological polar surface area (TPSA) is 78.9 Å². The minimum absolute atomic E-state index is 0.00566. The Bertz CT molecular complexity index is 1100. The number of aryl methyl sites for hydroxylation is 2. The van der Waals surface area contributed by atoms with Crippen LogP contribution >= 0.6 is 0 Å². The van der Waals surface area contributed by atoms with E-state index >= 15 is 0 Å². The average molecular weight is 435 g/mol. The van der Waals surface area contributed by atoms with Crippen LogP contribution in [-0.4, -0.2) is 44.8 Å². The Morgan fingerprint density at radius 1 is 1.19 bits per heavy atom. The molecule has 2 aromatic heterocycles. The molecule has 1 amide bonds. The minimum atomic E-state index is -0.00566. The van der Waals surface area contributed by atoms with Crippen LogP contribution in [0.5, 0.6) is 0 Å². The fraction of sp³-hybridized carbons (Fsp3) is 0.480. The SMILES string of the molecule is CCN(CC)CCn1ccc2cc(NC(=O)CCc3c(C)nn(CCC#N)c3C)ccc21. The third-order valence-corrected chi connectivity index (χ3v) is 6.18. The van der Waals surface area contributed by atoms with Gasteiger partial charge in [-0.1, -0.05) is 13.8 Å². The minimum Gasteiger partial charge on any atom is -0.346 e. The summed E-state index contributed by atoms with van der Waals surface area (Å²) in [6.07, 6.45) is 3.59. The number of carbonyl (C=O) groups excluding carboxylic acids is 1. The van der Waals surface area contributed by atoms with Crippen molar-refractivity contribution < 1.29 is 4.79 Å². The largest absolute Gasteiger partial charge is 0.346 e. The number of nitrogens with one attached hydrogen (secondary N) is 1. The quantitative estimate of drug-likeness (QED) is 0.488. The molecule has 0 fully saturated rings. The number of likely N-dealkylation sites (N-methyl/N-ethyl adjacent to an activating group) is 1. The van der Waals surface area contributed by atoms with E-state index in [1.807, 2.05) is 30.7 Å². The number of rotatable bonds is 11. The van der Waals surface area contributed by atoms with Gasteiger partial charge in [0.2, 0.25) is 5.91 Å². The van der Waals surface area contributed by atoms with E-state index in [1.165, 1.54) is 5.52 Å². The zero-order chi connectivity index (χ0) is 23.1. The van der Waals surface area contributed by atoms with Crippen LogP contribution in [0.25, 0.3) is 10.9 Å². The highest BCUT2D eigenvalue weighted by Crippen LogP contribution is 2.21. The fourth-order valence-electron chi connectivity index (χ4n) is 4.19. The molecule has 0 saturated heterocycles. The van der Waals surface area contributed by atoms with Gasteiger partial charge in [-0.25, -0.2) is 0 Å². The van der Waals surface area contributed by atoms with E-state index in [4.69, 9.17) is 5.26 Å². The van der Waals surface area contributed by atoms with E-state index < -0.39 is 0 Å². The number of aromatic nitrogens is 3. The van der Waals surface area contributed by atoms with E-state index in [9.17, 15) is 4.79 Å². The molecule has 2 heterocycles. The van der Waals surface area contributed by atoms with Crippen molar-refractivity contribution in [3.8, 4) is 6.07 Å². The first kappa shape index (κ1) is 23.6. The second kappa shape index (κ2) is 11.0. The molecule has 1 N–H and O–H groups in total. The van der Waals surface area contributed by atoms with Crippen molar-refractivity contribution in [3.05, 3.63) is 47.4 Å². The molecular weight excluding hydrogens is 400 g/mol. The van der Waals surface area contributed by atoms with Crippen LogP contribution in [0, 0.1) is 25.2 Å². The number of hydrogen-bond donors (Lipinski definition) is 1. The van der Waals surface area contributed by atoms with Crippen LogP contribution in [0.4, 0.5) is 5.69 Å². The molecule has 0 aliphatic rings. The molecule has 0 aliphatic heterocycles. The first-order valence-electron chi connectivity index (χ1n) is 11.5. The van der Waals surface area contributed by atoms with Crippen molar-refractivity contribution in [1.82, 2.24) is 19.2 Å². The van der Waals surface area contributed by atoms with Gasteiger partial charge in [0.25, 0.3) is 0 Å². The first-order valence-corrected chi connectivity index (χ1v) is 11.5. The Morgan fingerprint density at radius 3 is 2.69 bits per heavy atom. The zero-order valence-corrected chi connectivity index (χ0v) is 19.7. The Balaban J connectivity index is 1.59. The molecule has 3 aromatic rings. The molecule has 3 rings (SSSR count). The maximum absolute atomic E-state index is 12.6. The molecule has 0 aliphatic carbocycles. The van der Waals surface area contributed by atoms with Gasteiger partial charge in [-0.15, -0.1) is 0 Å². The molecule has 170 valence electrons. The van der Waals surface area contributed by atoms with Crippen molar-refractivity contribution in [1.29, 1.82) is 5.26 Å². The number of nitriles is 1. The lowest BCUT2D eigenvalue weighted by atomic mass is 10.1. The van der Waals surface area contributed by atoms with Gasteiger partial charge in [-0.05, 0) is 63.2 Å². The summed E-state index contributed by atoms with van der Waals surface area (Å²) in [6, 6.07) is 10.4. The maximum Gasteiger partial charge on any atom is 0.224 e. The van der Waals surface area contributed by atoms with E-state index in [2.05, 4.69) is 58.1 Å². The van der Waals surface area contributed by atoms with Crippen molar-refractivity contribution in [2.24, 2.45) is 0 Å². The number of nitrogens with zero attached hydrogens (tertiary/aromatic N) is 5. The molecule has 32 heavy (non-hydrogen) atoms. The van der Waals surface area contributed by atoms with Crippen LogP contribution in [0.15, 0.2) is 30.5 Å². The number of benzene rings is 1. The van der Waals surface area contributed by atoms with Crippen molar-refractivity contribution in [3.63, 3.8) is 0 Å². The van der Waals surface area contributed by atoms with Crippen LogP contribution in [0.1, 0.15) is 43.6 Å². The third-order valence-electron chi connectivity index (χ3n) is 6.18. The van der Waals surface area contributed by atoms with Gasteiger partial charge in [0, 0.05) is 48.0 Å². The van der Waals surface area contributed by atoms with Crippen LogP contribution in [0.3, 0.4) is 0 Å². The summed E-state index contributed by atoms with van der Waals surface area (Å²) >= 11 is 0. The van der Waals surface area contributed by atoms with E-state index in [0.29, 0.717) is 25.8 Å². The summed E-state index contributed by atoms with van der Waals surface area (Å²) in [6.45, 7) is 13.0. The van der Waals surface area contributed by atoms with E-state index in [-0.39, 0.29) is 5.91 Å². The molecule has 0 saturated carbocycles. The predicted molar refractivity (Wildman–Crippen MR) is 129 cm³/mol. The smallest absolute Gasteiger partial charge is 0.224 e. The second-order valence-electron chi connectivity index (χ2n) is 8.14. The number of carbonyl (C=O) groups is 1. The molecule has 7 heteroatoms. The fourth-order valence-corrected chi connectivity index (χ4v) is 4.19. The molecule has 0 spiro atoms. The van der Waals surface area contributed by atoms with Crippen LogP contribution in [-0.2, 0) is 24.3 Å². The standard InChI is InChI=1S/C25H34N6O/c1-5-29(6-2)16-17-30-15-12-21-18-22(8-10-24(21)30)27-25(32)11-9-23-19(3)28-31(20(23)4)14-7-13-26/h8,10,12,15,18H,5-7,9,11,14,16-17H2,1-4H3,(H,27,32). The van der Waals surface area contributed by atoms with Crippen LogP contribution in [0.2, 0.25) is 0 Å². The third kappa shape index (κ3) is 5.57. The predicted octanol–water partition coefficient (Wildman–Crippen LogP) is 4.28. The van der Waals surface area contributed by atoms with Crippen LogP contribution < -0.4 is 5.32 Å². The van der Waals surface area contributed by atoms with Gasteiger partial charge in [0.1, 0.15) is 0 Å². The van der Waals surface area contributed by atoms with Gasteiger partial charge in [0.15, 0.2) is 0 Å². The lowest BCUT2D eigenvalue weighted by Gasteiger charge is -2.18. The Hall–Kier alpha value is -3.11. The van der Waals surface area contributed by atoms with E-state index in [1.54, 1.807) is 0 Å². The summed E-state index contributed by atoms with van der Waals surface area (Å²) in [7, 11) is 0. The summed E-state index contributed by atoms with van der Waals surface area (Å²) in [5.74, 6) is -0.00566. The number of anilines is 1.